The van der Waals surface area contributed by atoms with E-state index in [0.717, 1.165) is 10.8 Å². The van der Waals surface area contributed by atoms with Crippen LogP contribution in [0.1, 0.15) is 31.9 Å². The molecule has 0 heterocycles. The second-order valence-electron chi connectivity index (χ2n) is 5.47. The maximum atomic E-state index is 10.0. The summed E-state index contributed by atoms with van der Waals surface area (Å²) >= 11 is 0. The van der Waals surface area contributed by atoms with Gasteiger partial charge >= 0.3 is 0 Å². The highest BCUT2D eigenvalue weighted by molar-refractivity contribution is 5.89. The van der Waals surface area contributed by atoms with Crippen LogP contribution in [0.25, 0.3) is 10.8 Å². The van der Waals surface area contributed by atoms with E-state index in [0.29, 0.717) is 5.75 Å². The molecule has 1 N–H and O–H groups in total. The third-order valence-electron chi connectivity index (χ3n) is 2.95. The van der Waals surface area contributed by atoms with Gasteiger partial charge in [0, 0.05) is 5.39 Å². The van der Waals surface area contributed by atoms with Gasteiger partial charge in [-0.05, 0) is 29.4 Å². The van der Waals surface area contributed by atoms with Gasteiger partial charge in [0.1, 0.15) is 5.75 Å². The summed E-state index contributed by atoms with van der Waals surface area (Å²) in [6.07, 6.45) is 0. The predicted octanol–water partition coefficient (Wildman–Crippen LogP) is 4.15. The van der Waals surface area contributed by atoms with Crippen LogP contribution in [0.3, 0.4) is 0 Å². The molecule has 2 rings (SSSR count). The van der Waals surface area contributed by atoms with Crippen molar-refractivity contribution in [2.45, 2.75) is 33.1 Å². The molecule has 0 bridgehead atoms. The molecular formula is C15H18O. The molecule has 0 spiro atoms. The topological polar surface area (TPSA) is 20.2 Å². The lowest BCUT2D eigenvalue weighted by Gasteiger charge is -2.20. The van der Waals surface area contributed by atoms with Crippen molar-refractivity contribution >= 4 is 10.8 Å². The van der Waals surface area contributed by atoms with Crippen LogP contribution in [0, 0.1) is 6.92 Å². The number of benzene rings is 2. The van der Waals surface area contributed by atoms with Crippen molar-refractivity contribution < 1.29 is 5.11 Å². The quantitative estimate of drug-likeness (QED) is 0.698. The lowest BCUT2D eigenvalue weighted by atomic mass is 9.85. The Bertz CT molecular complexity index is 533. The van der Waals surface area contributed by atoms with Gasteiger partial charge in [-0.2, -0.15) is 0 Å². The molecule has 2 aromatic carbocycles. The summed E-state index contributed by atoms with van der Waals surface area (Å²) in [7, 11) is 0. The fraction of sp³-hybridized carbons (Fsp3) is 0.333. The van der Waals surface area contributed by atoms with Gasteiger partial charge in [0.15, 0.2) is 0 Å². The predicted molar refractivity (Wildman–Crippen MR) is 69.0 cm³/mol. The van der Waals surface area contributed by atoms with Crippen LogP contribution in [0.5, 0.6) is 5.75 Å². The van der Waals surface area contributed by atoms with Gasteiger partial charge in [-0.1, -0.05) is 50.6 Å². The maximum absolute atomic E-state index is 10.0. The Hall–Kier alpha value is -1.50. The summed E-state index contributed by atoms with van der Waals surface area (Å²) in [4.78, 5) is 0. The van der Waals surface area contributed by atoms with Crippen LogP contribution < -0.4 is 0 Å². The van der Waals surface area contributed by atoms with E-state index in [4.69, 9.17) is 0 Å². The number of rotatable bonds is 0. The van der Waals surface area contributed by atoms with E-state index >= 15 is 0 Å². The number of aromatic hydroxyl groups is 1. The van der Waals surface area contributed by atoms with Gasteiger partial charge < -0.3 is 5.11 Å². The molecule has 1 heteroatoms. The number of phenolic OH excluding ortho intramolecular Hbond substituents is 1. The molecular weight excluding hydrogens is 196 g/mol. The van der Waals surface area contributed by atoms with E-state index in [-0.39, 0.29) is 5.41 Å². The normalized spacial score (nSPS) is 12.0. The molecule has 0 aliphatic heterocycles. The molecule has 0 unspecified atom stereocenters. The summed E-state index contributed by atoms with van der Waals surface area (Å²) in [5.74, 6) is 0.377. The van der Waals surface area contributed by atoms with E-state index < -0.39 is 0 Å². The summed E-state index contributed by atoms with van der Waals surface area (Å²) < 4.78 is 0. The highest BCUT2D eigenvalue weighted by atomic mass is 16.3. The SMILES string of the molecule is Cc1ccc2c(O)cc(C(C)(C)C)cc2c1. The molecule has 0 atom stereocenters. The minimum absolute atomic E-state index is 0.0649. The van der Waals surface area contributed by atoms with Crippen molar-refractivity contribution in [2.24, 2.45) is 0 Å². The second kappa shape index (κ2) is 3.51. The number of phenols is 1. The van der Waals surface area contributed by atoms with E-state index in [9.17, 15) is 5.11 Å². The van der Waals surface area contributed by atoms with E-state index in [2.05, 4.69) is 39.8 Å². The third kappa shape index (κ3) is 1.90. The van der Waals surface area contributed by atoms with Crippen molar-refractivity contribution in [3.8, 4) is 5.75 Å². The number of hydrogen-bond donors (Lipinski definition) is 1. The molecule has 84 valence electrons. The zero-order chi connectivity index (χ0) is 11.9. The van der Waals surface area contributed by atoms with Gasteiger partial charge in [-0.25, -0.2) is 0 Å². The van der Waals surface area contributed by atoms with E-state index in [1.807, 2.05) is 18.2 Å². The average Bonchev–Trinajstić information content (AvgIpc) is 2.15. The van der Waals surface area contributed by atoms with Gasteiger partial charge in [-0.3, -0.25) is 0 Å². The maximum Gasteiger partial charge on any atom is 0.123 e. The number of fused-ring (bicyclic) bond motifs is 1. The molecule has 0 fully saturated rings. The lowest BCUT2D eigenvalue weighted by Crippen LogP contribution is -2.10. The molecule has 2 aromatic rings. The Morgan fingerprint density at radius 2 is 1.69 bits per heavy atom. The average molecular weight is 214 g/mol. The van der Waals surface area contributed by atoms with Crippen molar-refractivity contribution in [2.75, 3.05) is 0 Å². The standard InChI is InChI=1S/C15H18O/c1-10-5-6-13-11(7-10)8-12(9-14(13)16)15(2,3)4/h5-9,16H,1-4H3. The van der Waals surface area contributed by atoms with E-state index in [1.54, 1.807) is 0 Å². The first-order valence-electron chi connectivity index (χ1n) is 5.62. The Morgan fingerprint density at radius 3 is 2.31 bits per heavy atom. The smallest absolute Gasteiger partial charge is 0.123 e. The molecule has 0 saturated heterocycles. The number of aryl methyl sites for hydroxylation is 1. The summed E-state index contributed by atoms with van der Waals surface area (Å²) in [5.41, 5.74) is 2.45. The van der Waals surface area contributed by atoms with Gasteiger partial charge in [-0.15, -0.1) is 0 Å². The molecule has 0 aliphatic carbocycles. The zero-order valence-electron chi connectivity index (χ0n) is 10.3. The minimum atomic E-state index is 0.0649. The van der Waals surface area contributed by atoms with Crippen molar-refractivity contribution in [3.63, 3.8) is 0 Å². The Balaban J connectivity index is 2.75. The highest BCUT2D eigenvalue weighted by Crippen LogP contribution is 2.32. The van der Waals surface area contributed by atoms with Crippen LogP contribution in [0.15, 0.2) is 30.3 Å². The van der Waals surface area contributed by atoms with Gasteiger partial charge in [0.05, 0.1) is 0 Å². The fourth-order valence-corrected chi connectivity index (χ4v) is 1.90. The summed E-state index contributed by atoms with van der Waals surface area (Å²) in [6.45, 7) is 8.54. The van der Waals surface area contributed by atoms with Crippen molar-refractivity contribution in [1.82, 2.24) is 0 Å². The van der Waals surface area contributed by atoms with Gasteiger partial charge in [0.25, 0.3) is 0 Å². The molecule has 0 aliphatic rings. The summed E-state index contributed by atoms with van der Waals surface area (Å²) in [6, 6.07) is 10.2. The molecule has 16 heavy (non-hydrogen) atoms. The first-order valence-corrected chi connectivity index (χ1v) is 5.62. The highest BCUT2D eigenvalue weighted by Gasteiger charge is 2.15. The first kappa shape index (κ1) is 11.0. The Kier molecular flexibility index (Phi) is 2.42. The Morgan fingerprint density at radius 1 is 1.00 bits per heavy atom. The van der Waals surface area contributed by atoms with Crippen LogP contribution in [0.4, 0.5) is 0 Å². The molecule has 0 radical (unpaired) electrons. The number of hydrogen-bond acceptors (Lipinski definition) is 1. The zero-order valence-corrected chi connectivity index (χ0v) is 10.3. The van der Waals surface area contributed by atoms with Crippen LogP contribution in [-0.2, 0) is 5.41 Å². The molecule has 0 aromatic heterocycles. The molecule has 0 amide bonds. The molecule has 1 nitrogen and oxygen atoms in total. The van der Waals surface area contributed by atoms with E-state index in [1.165, 1.54) is 11.1 Å². The monoisotopic (exact) mass is 214 g/mol. The van der Waals surface area contributed by atoms with Gasteiger partial charge in [0.2, 0.25) is 0 Å². The second-order valence-corrected chi connectivity index (χ2v) is 5.47. The first-order chi connectivity index (χ1) is 7.38. The van der Waals surface area contributed by atoms with Crippen LogP contribution in [-0.4, -0.2) is 5.11 Å². The van der Waals surface area contributed by atoms with Crippen LogP contribution in [0.2, 0.25) is 0 Å². The Labute approximate surface area is 96.7 Å². The fourth-order valence-electron chi connectivity index (χ4n) is 1.90. The molecule has 0 saturated carbocycles. The van der Waals surface area contributed by atoms with Crippen molar-refractivity contribution in [3.05, 3.63) is 41.5 Å². The lowest BCUT2D eigenvalue weighted by molar-refractivity contribution is 0.477. The largest absolute Gasteiger partial charge is 0.507 e. The van der Waals surface area contributed by atoms with Crippen LogP contribution >= 0.6 is 0 Å². The van der Waals surface area contributed by atoms with Crippen molar-refractivity contribution in [1.29, 1.82) is 0 Å². The third-order valence-corrected chi connectivity index (χ3v) is 2.95. The summed E-state index contributed by atoms with van der Waals surface area (Å²) in [5, 5.41) is 12.1. The minimum Gasteiger partial charge on any atom is -0.507 e.